The van der Waals surface area contributed by atoms with E-state index in [1.807, 2.05) is 11.5 Å². The van der Waals surface area contributed by atoms with Crippen molar-refractivity contribution in [3.8, 4) is 0 Å². The van der Waals surface area contributed by atoms with E-state index < -0.39 is 11.2 Å². The van der Waals surface area contributed by atoms with Gasteiger partial charge in [-0.1, -0.05) is 20.3 Å². The number of H-pyrrole nitrogens is 2. The van der Waals surface area contributed by atoms with Crippen LogP contribution in [0.5, 0.6) is 0 Å². The van der Waals surface area contributed by atoms with Gasteiger partial charge in [-0.3, -0.25) is 19.6 Å². The molecule has 0 aromatic carbocycles. The van der Waals surface area contributed by atoms with Crippen molar-refractivity contribution in [2.24, 2.45) is 0 Å². The molecule has 0 bridgehead atoms. The average molecular weight is 263 g/mol. The molecule has 0 atom stereocenters. The first-order valence-corrected chi connectivity index (χ1v) is 6.47. The van der Waals surface area contributed by atoms with E-state index in [2.05, 4.69) is 16.9 Å². The highest BCUT2D eigenvalue weighted by Crippen LogP contribution is 2.09. The third-order valence-corrected chi connectivity index (χ3v) is 3.18. The van der Waals surface area contributed by atoms with Crippen molar-refractivity contribution < 1.29 is 0 Å². The molecule has 2 heterocycles. The smallest absolute Gasteiger partial charge is 0.327 e. The lowest BCUT2D eigenvalue weighted by atomic mass is 10.2. The zero-order chi connectivity index (χ0) is 14.0. The van der Waals surface area contributed by atoms with Crippen molar-refractivity contribution in [3.63, 3.8) is 0 Å². The van der Waals surface area contributed by atoms with Gasteiger partial charge >= 0.3 is 5.69 Å². The molecule has 0 amide bonds. The predicted octanol–water partition coefficient (Wildman–Crippen LogP) is 0.741. The van der Waals surface area contributed by atoms with Crippen molar-refractivity contribution in [3.05, 3.63) is 42.8 Å². The number of hydrogen-bond acceptors (Lipinski definition) is 3. The molecule has 2 aromatic heterocycles. The molecule has 6 nitrogen and oxygen atoms in total. The zero-order valence-electron chi connectivity index (χ0n) is 11.1. The SMILES string of the molecule is CCCCn1c(CC)cc(=O)c2c(=O)[nH]c(=O)[nH]c21. The Morgan fingerprint density at radius 2 is 1.89 bits per heavy atom. The van der Waals surface area contributed by atoms with E-state index in [0.717, 1.165) is 18.5 Å². The highest BCUT2D eigenvalue weighted by Gasteiger charge is 2.12. The van der Waals surface area contributed by atoms with Crippen molar-refractivity contribution in [1.82, 2.24) is 14.5 Å². The molecule has 0 aliphatic heterocycles. The normalized spacial score (nSPS) is 11.1. The molecule has 2 rings (SSSR count). The summed E-state index contributed by atoms with van der Waals surface area (Å²) in [5, 5.41) is 0.0212. The second-order valence-electron chi connectivity index (χ2n) is 4.49. The minimum absolute atomic E-state index is 0.0212. The summed E-state index contributed by atoms with van der Waals surface area (Å²) in [5.74, 6) is 0. The van der Waals surface area contributed by atoms with Crippen LogP contribution >= 0.6 is 0 Å². The molecule has 2 aromatic rings. The zero-order valence-corrected chi connectivity index (χ0v) is 11.1. The number of unbranched alkanes of at least 4 members (excludes halogenated alkanes) is 1. The van der Waals surface area contributed by atoms with Crippen LogP contribution in [0, 0.1) is 0 Å². The molecular formula is C13H17N3O3. The lowest BCUT2D eigenvalue weighted by molar-refractivity contribution is 0.617. The average Bonchev–Trinajstić information content (AvgIpc) is 2.36. The van der Waals surface area contributed by atoms with Gasteiger partial charge in [-0.2, -0.15) is 0 Å². The van der Waals surface area contributed by atoms with Crippen molar-refractivity contribution in [2.75, 3.05) is 0 Å². The van der Waals surface area contributed by atoms with Gasteiger partial charge in [0.05, 0.1) is 0 Å². The van der Waals surface area contributed by atoms with Crippen LogP contribution in [0.25, 0.3) is 11.0 Å². The van der Waals surface area contributed by atoms with Crippen LogP contribution in [0.4, 0.5) is 0 Å². The maximum absolute atomic E-state index is 12.0. The van der Waals surface area contributed by atoms with E-state index in [9.17, 15) is 14.4 Å². The Morgan fingerprint density at radius 1 is 1.16 bits per heavy atom. The standard InChI is InChI=1S/C13H17N3O3/c1-3-5-6-16-8(4-2)7-9(17)10-11(16)14-13(19)15-12(10)18/h7H,3-6H2,1-2H3,(H2,14,15,18,19). The Balaban J connectivity index is 2.89. The summed E-state index contributed by atoms with van der Waals surface area (Å²) in [7, 11) is 0. The quantitative estimate of drug-likeness (QED) is 0.852. The van der Waals surface area contributed by atoms with Gasteiger partial charge < -0.3 is 4.57 Å². The van der Waals surface area contributed by atoms with Crippen LogP contribution in [-0.4, -0.2) is 14.5 Å². The van der Waals surface area contributed by atoms with Crippen molar-refractivity contribution in [1.29, 1.82) is 0 Å². The van der Waals surface area contributed by atoms with Gasteiger partial charge in [0.2, 0.25) is 0 Å². The highest BCUT2D eigenvalue weighted by atomic mass is 16.2. The Bertz CT molecular complexity index is 767. The number of aryl methyl sites for hydroxylation is 2. The van der Waals surface area contributed by atoms with Crippen LogP contribution in [0.3, 0.4) is 0 Å². The number of aromatic amines is 2. The van der Waals surface area contributed by atoms with E-state index >= 15 is 0 Å². The third kappa shape index (κ3) is 2.38. The summed E-state index contributed by atoms with van der Waals surface area (Å²) in [6, 6.07) is 1.48. The van der Waals surface area contributed by atoms with Gasteiger partial charge in [-0.15, -0.1) is 0 Å². The van der Waals surface area contributed by atoms with E-state index in [0.29, 0.717) is 18.6 Å². The van der Waals surface area contributed by atoms with Crippen LogP contribution in [0.1, 0.15) is 32.4 Å². The molecular weight excluding hydrogens is 246 g/mol. The Morgan fingerprint density at radius 3 is 2.53 bits per heavy atom. The van der Waals surface area contributed by atoms with Gasteiger partial charge in [-0.05, 0) is 12.8 Å². The number of hydrogen-bond donors (Lipinski definition) is 2. The molecule has 0 unspecified atom stereocenters. The molecule has 0 spiro atoms. The summed E-state index contributed by atoms with van der Waals surface area (Å²) in [6.07, 6.45) is 2.58. The van der Waals surface area contributed by atoms with E-state index in [-0.39, 0.29) is 10.8 Å². The van der Waals surface area contributed by atoms with E-state index in [1.54, 1.807) is 0 Å². The Labute approximate surface area is 109 Å². The second kappa shape index (κ2) is 5.26. The van der Waals surface area contributed by atoms with E-state index in [1.165, 1.54) is 6.07 Å². The first-order chi connectivity index (χ1) is 9.08. The second-order valence-corrected chi connectivity index (χ2v) is 4.49. The predicted molar refractivity (Wildman–Crippen MR) is 73.7 cm³/mol. The maximum Gasteiger partial charge on any atom is 0.327 e. The number of aromatic nitrogens is 3. The van der Waals surface area contributed by atoms with E-state index in [4.69, 9.17) is 0 Å². The molecule has 2 N–H and O–H groups in total. The van der Waals surface area contributed by atoms with Crippen LogP contribution < -0.4 is 16.7 Å². The Hall–Kier alpha value is -2.11. The monoisotopic (exact) mass is 263 g/mol. The van der Waals surface area contributed by atoms with Gasteiger partial charge in [-0.25, -0.2) is 4.79 Å². The van der Waals surface area contributed by atoms with Gasteiger partial charge in [0.1, 0.15) is 11.0 Å². The number of nitrogens with one attached hydrogen (secondary N) is 2. The summed E-state index contributed by atoms with van der Waals surface area (Å²) >= 11 is 0. The molecule has 0 aliphatic rings. The number of fused-ring (bicyclic) bond motifs is 1. The number of nitrogens with zero attached hydrogens (tertiary/aromatic N) is 1. The summed E-state index contributed by atoms with van der Waals surface area (Å²) in [4.78, 5) is 39.8. The number of rotatable bonds is 4. The van der Waals surface area contributed by atoms with Gasteiger partial charge in [0.15, 0.2) is 5.43 Å². The minimum atomic E-state index is -0.628. The minimum Gasteiger partial charge on any atom is -0.331 e. The van der Waals surface area contributed by atoms with Gasteiger partial charge in [0.25, 0.3) is 5.56 Å². The van der Waals surface area contributed by atoms with Crippen LogP contribution in [-0.2, 0) is 13.0 Å². The molecule has 0 saturated heterocycles. The number of pyridine rings is 1. The highest BCUT2D eigenvalue weighted by molar-refractivity contribution is 5.73. The molecule has 0 aliphatic carbocycles. The Kier molecular flexibility index (Phi) is 3.69. The first kappa shape index (κ1) is 13.3. The third-order valence-electron chi connectivity index (χ3n) is 3.18. The fourth-order valence-corrected chi connectivity index (χ4v) is 2.22. The summed E-state index contributed by atoms with van der Waals surface area (Å²) < 4.78 is 1.86. The van der Waals surface area contributed by atoms with Crippen molar-refractivity contribution >= 4 is 11.0 Å². The van der Waals surface area contributed by atoms with Gasteiger partial charge in [0, 0.05) is 18.3 Å². The fraction of sp³-hybridized carbons (Fsp3) is 0.462. The summed E-state index contributed by atoms with van der Waals surface area (Å²) in [5.41, 5.74) is -0.414. The van der Waals surface area contributed by atoms with Crippen molar-refractivity contribution in [2.45, 2.75) is 39.7 Å². The topological polar surface area (TPSA) is 87.7 Å². The molecule has 0 radical (unpaired) electrons. The largest absolute Gasteiger partial charge is 0.331 e. The first-order valence-electron chi connectivity index (χ1n) is 6.47. The van der Waals surface area contributed by atoms with Crippen LogP contribution in [0.15, 0.2) is 20.4 Å². The van der Waals surface area contributed by atoms with Crippen LogP contribution in [0.2, 0.25) is 0 Å². The molecule has 6 heteroatoms. The summed E-state index contributed by atoms with van der Waals surface area (Å²) in [6.45, 7) is 4.68. The fourth-order valence-electron chi connectivity index (χ4n) is 2.22. The molecule has 0 fully saturated rings. The lowest BCUT2D eigenvalue weighted by Gasteiger charge is -2.14. The maximum atomic E-state index is 12.0. The molecule has 19 heavy (non-hydrogen) atoms. The lowest BCUT2D eigenvalue weighted by Crippen LogP contribution is -2.29. The molecule has 0 saturated carbocycles. The molecule has 102 valence electrons.